The fourth-order valence-electron chi connectivity index (χ4n) is 0.840. The maximum atomic E-state index is 12.7. The number of aliphatic hydroxyl groups is 1. The Labute approximate surface area is 63.3 Å². The summed E-state index contributed by atoms with van der Waals surface area (Å²) in [5.74, 6) is -1.34. The minimum atomic E-state index is -0.893. The molecule has 0 aromatic heterocycles. The van der Waals surface area contributed by atoms with Crippen molar-refractivity contribution in [2.24, 2.45) is 0 Å². The van der Waals surface area contributed by atoms with Gasteiger partial charge in [-0.2, -0.15) is 0 Å². The molecule has 0 bridgehead atoms. The van der Waals surface area contributed by atoms with Crippen molar-refractivity contribution in [2.45, 2.75) is 13.0 Å². The molecule has 1 N–H and O–H groups in total. The van der Waals surface area contributed by atoms with E-state index in [0.717, 1.165) is 12.1 Å². The predicted molar refractivity (Wildman–Crippen MR) is 37.0 cm³/mol. The van der Waals surface area contributed by atoms with E-state index in [2.05, 4.69) is 0 Å². The molecular formula is C8H8F2O. The minimum Gasteiger partial charge on any atom is -0.389 e. The fraction of sp³-hybridized carbons (Fsp3) is 0.250. The molecule has 0 unspecified atom stereocenters. The Morgan fingerprint density at radius 1 is 1.36 bits per heavy atom. The Balaban J connectivity index is 3.09. The Morgan fingerprint density at radius 2 is 2.00 bits per heavy atom. The average molecular weight is 158 g/mol. The third kappa shape index (κ3) is 1.74. The van der Waals surface area contributed by atoms with E-state index >= 15 is 0 Å². The zero-order valence-corrected chi connectivity index (χ0v) is 6.01. The van der Waals surface area contributed by atoms with Gasteiger partial charge in [-0.1, -0.05) is 6.07 Å². The Morgan fingerprint density at radius 3 is 2.45 bits per heavy atom. The summed E-state index contributed by atoms with van der Waals surface area (Å²) in [6.45, 7) is 1.43. The standard InChI is InChI=1S/C8H8F2O/c1-5(11)7-3-2-6(9)4-8(7)10/h2-5,11H,1H3/t5-/m0/s1. The average Bonchev–Trinajstić information content (AvgIpc) is 1.85. The second kappa shape index (κ2) is 2.96. The first-order valence-corrected chi connectivity index (χ1v) is 3.24. The van der Waals surface area contributed by atoms with Crippen LogP contribution in [-0.4, -0.2) is 5.11 Å². The molecule has 0 aliphatic rings. The highest BCUT2D eigenvalue weighted by molar-refractivity contribution is 5.20. The van der Waals surface area contributed by atoms with Crippen LogP contribution >= 0.6 is 0 Å². The molecule has 1 rings (SSSR count). The SMILES string of the molecule is C[C@H](O)c1ccc(F)cc1F. The van der Waals surface area contributed by atoms with E-state index in [-0.39, 0.29) is 5.56 Å². The summed E-state index contributed by atoms with van der Waals surface area (Å²) in [7, 11) is 0. The van der Waals surface area contributed by atoms with Crippen LogP contribution in [0.2, 0.25) is 0 Å². The van der Waals surface area contributed by atoms with Crippen LogP contribution in [0.3, 0.4) is 0 Å². The molecule has 0 aliphatic carbocycles. The molecule has 0 fully saturated rings. The molecule has 1 atom stereocenters. The van der Waals surface area contributed by atoms with Crippen molar-refractivity contribution in [3.05, 3.63) is 35.4 Å². The topological polar surface area (TPSA) is 20.2 Å². The van der Waals surface area contributed by atoms with E-state index in [1.54, 1.807) is 0 Å². The molecule has 1 nitrogen and oxygen atoms in total. The lowest BCUT2D eigenvalue weighted by Gasteiger charge is -2.04. The monoisotopic (exact) mass is 158 g/mol. The Kier molecular flexibility index (Phi) is 2.19. The molecule has 0 saturated carbocycles. The highest BCUT2D eigenvalue weighted by Gasteiger charge is 2.07. The first-order chi connectivity index (χ1) is 5.11. The highest BCUT2D eigenvalue weighted by atomic mass is 19.1. The van der Waals surface area contributed by atoms with E-state index in [0.29, 0.717) is 0 Å². The molecule has 3 heteroatoms. The van der Waals surface area contributed by atoms with Gasteiger partial charge >= 0.3 is 0 Å². The number of halogens is 2. The molecule has 0 aliphatic heterocycles. The number of aliphatic hydroxyl groups excluding tert-OH is 1. The lowest BCUT2D eigenvalue weighted by Crippen LogP contribution is -1.95. The van der Waals surface area contributed by atoms with Crippen LogP contribution in [0.5, 0.6) is 0 Å². The maximum Gasteiger partial charge on any atom is 0.131 e. The molecule has 0 amide bonds. The number of rotatable bonds is 1. The Hall–Kier alpha value is -0.960. The van der Waals surface area contributed by atoms with Gasteiger partial charge in [-0.3, -0.25) is 0 Å². The van der Waals surface area contributed by atoms with Gasteiger partial charge in [-0.15, -0.1) is 0 Å². The summed E-state index contributed by atoms with van der Waals surface area (Å²) in [4.78, 5) is 0. The van der Waals surface area contributed by atoms with Crippen LogP contribution in [0.1, 0.15) is 18.6 Å². The molecule has 11 heavy (non-hydrogen) atoms. The molecule has 1 aromatic carbocycles. The first-order valence-electron chi connectivity index (χ1n) is 3.24. The van der Waals surface area contributed by atoms with Crippen molar-refractivity contribution in [1.29, 1.82) is 0 Å². The van der Waals surface area contributed by atoms with Crippen LogP contribution in [-0.2, 0) is 0 Å². The fourth-order valence-corrected chi connectivity index (χ4v) is 0.840. The quantitative estimate of drug-likeness (QED) is 0.662. The third-order valence-electron chi connectivity index (χ3n) is 1.41. The van der Waals surface area contributed by atoms with E-state index in [1.165, 1.54) is 13.0 Å². The molecule has 1 aromatic rings. The van der Waals surface area contributed by atoms with Crippen molar-refractivity contribution < 1.29 is 13.9 Å². The van der Waals surface area contributed by atoms with Crippen LogP contribution in [0, 0.1) is 11.6 Å². The third-order valence-corrected chi connectivity index (χ3v) is 1.41. The molecular weight excluding hydrogens is 150 g/mol. The number of hydrogen-bond donors (Lipinski definition) is 1. The molecule has 0 spiro atoms. The molecule has 60 valence electrons. The van der Waals surface area contributed by atoms with Gasteiger partial charge in [0.05, 0.1) is 6.10 Å². The maximum absolute atomic E-state index is 12.7. The number of hydrogen-bond acceptors (Lipinski definition) is 1. The van der Waals surface area contributed by atoms with Gasteiger partial charge in [0.25, 0.3) is 0 Å². The normalized spacial score (nSPS) is 13.1. The highest BCUT2D eigenvalue weighted by Crippen LogP contribution is 2.16. The van der Waals surface area contributed by atoms with Gasteiger partial charge in [0, 0.05) is 11.6 Å². The largest absolute Gasteiger partial charge is 0.389 e. The summed E-state index contributed by atoms with van der Waals surface area (Å²) < 4.78 is 25.0. The Bertz CT molecular complexity index is 258. The van der Waals surface area contributed by atoms with Gasteiger partial charge in [-0.05, 0) is 13.0 Å². The van der Waals surface area contributed by atoms with Crippen LogP contribution in [0.4, 0.5) is 8.78 Å². The summed E-state index contributed by atoms with van der Waals surface area (Å²) in [5.41, 5.74) is 0.117. The summed E-state index contributed by atoms with van der Waals surface area (Å²) in [6.07, 6.45) is -0.893. The van der Waals surface area contributed by atoms with Crippen molar-refractivity contribution >= 4 is 0 Å². The zero-order chi connectivity index (χ0) is 8.43. The van der Waals surface area contributed by atoms with E-state index in [9.17, 15) is 8.78 Å². The number of benzene rings is 1. The van der Waals surface area contributed by atoms with Gasteiger partial charge in [0.15, 0.2) is 0 Å². The minimum absolute atomic E-state index is 0.117. The summed E-state index contributed by atoms with van der Waals surface area (Å²) >= 11 is 0. The van der Waals surface area contributed by atoms with Gasteiger partial charge in [0.1, 0.15) is 11.6 Å². The van der Waals surface area contributed by atoms with Crippen molar-refractivity contribution in [3.8, 4) is 0 Å². The van der Waals surface area contributed by atoms with Crippen LogP contribution in [0.15, 0.2) is 18.2 Å². The van der Waals surface area contributed by atoms with Crippen LogP contribution < -0.4 is 0 Å². The van der Waals surface area contributed by atoms with Gasteiger partial charge < -0.3 is 5.11 Å². The molecule has 0 radical (unpaired) electrons. The van der Waals surface area contributed by atoms with E-state index in [4.69, 9.17) is 5.11 Å². The molecule has 0 heterocycles. The molecule has 0 saturated heterocycles. The van der Waals surface area contributed by atoms with Crippen molar-refractivity contribution in [3.63, 3.8) is 0 Å². The summed E-state index contributed by atoms with van der Waals surface area (Å²) in [6, 6.07) is 3.10. The first kappa shape index (κ1) is 8.14. The second-order valence-corrected chi connectivity index (χ2v) is 2.34. The lowest BCUT2D eigenvalue weighted by molar-refractivity contribution is 0.194. The van der Waals surface area contributed by atoms with Gasteiger partial charge in [-0.25, -0.2) is 8.78 Å². The lowest BCUT2D eigenvalue weighted by atomic mass is 10.1. The summed E-state index contributed by atoms with van der Waals surface area (Å²) in [5, 5.41) is 8.93. The van der Waals surface area contributed by atoms with Crippen LogP contribution in [0.25, 0.3) is 0 Å². The smallest absolute Gasteiger partial charge is 0.131 e. The zero-order valence-electron chi connectivity index (χ0n) is 6.01. The van der Waals surface area contributed by atoms with E-state index < -0.39 is 17.7 Å². The van der Waals surface area contributed by atoms with Crippen molar-refractivity contribution in [2.75, 3.05) is 0 Å². The second-order valence-electron chi connectivity index (χ2n) is 2.34. The van der Waals surface area contributed by atoms with Crippen molar-refractivity contribution in [1.82, 2.24) is 0 Å². The van der Waals surface area contributed by atoms with E-state index in [1.807, 2.05) is 0 Å². The van der Waals surface area contributed by atoms with Gasteiger partial charge in [0.2, 0.25) is 0 Å². The predicted octanol–water partition coefficient (Wildman–Crippen LogP) is 2.02.